The van der Waals surface area contributed by atoms with Crippen LogP contribution in [0, 0.1) is 5.21 Å². The third-order valence-electron chi connectivity index (χ3n) is 3.19. The maximum atomic E-state index is 12.0. The Morgan fingerprint density at radius 3 is 2.31 bits per heavy atom. The average Bonchev–Trinajstić information content (AvgIpc) is 2.59. The Kier molecular flexibility index (Phi) is 5.68. The minimum Gasteiger partial charge on any atom is -0.691 e. The standard InChI is InChI=1S/C16H16N4O5S/c1-11(21)13-4-3-5-15(10-13)20(23)19-17-14-6-8-16(9-7-14)26(24,25)18-12(2)22/h3-10,17H,1-2H3,(H,18,22)/b20-19-. The van der Waals surface area contributed by atoms with Gasteiger partial charge in [-0.3, -0.25) is 9.59 Å². The highest BCUT2D eigenvalue weighted by Crippen LogP contribution is 2.17. The van der Waals surface area contributed by atoms with Crippen molar-refractivity contribution in [3.05, 3.63) is 59.3 Å². The first-order valence-electron chi connectivity index (χ1n) is 7.37. The van der Waals surface area contributed by atoms with E-state index in [0.717, 1.165) is 6.92 Å². The number of amides is 1. The molecule has 2 N–H and O–H groups in total. The van der Waals surface area contributed by atoms with E-state index in [4.69, 9.17) is 0 Å². The molecule has 0 saturated carbocycles. The van der Waals surface area contributed by atoms with Crippen LogP contribution in [0.1, 0.15) is 24.2 Å². The van der Waals surface area contributed by atoms with Crippen LogP contribution in [0.25, 0.3) is 0 Å². The second kappa shape index (κ2) is 7.74. The third kappa shape index (κ3) is 4.86. The van der Waals surface area contributed by atoms with E-state index in [2.05, 4.69) is 10.6 Å². The highest BCUT2D eigenvalue weighted by atomic mass is 32.2. The van der Waals surface area contributed by atoms with Gasteiger partial charge in [-0.05, 0) is 43.3 Å². The summed E-state index contributed by atoms with van der Waals surface area (Å²) >= 11 is 0. The number of carbonyl (C=O) groups is 2. The highest BCUT2D eigenvalue weighted by Gasteiger charge is 2.15. The molecular formula is C16H16N4O5S. The van der Waals surface area contributed by atoms with Crippen molar-refractivity contribution in [2.75, 3.05) is 5.43 Å². The summed E-state index contributed by atoms with van der Waals surface area (Å²) in [6.07, 6.45) is 0. The van der Waals surface area contributed by atoms with Crippen LogP contribution < -0.4 is 10.1 Å². The van der Waals surface area contributed by atoms with Crippen molar-refractivity contribution in [2.24, 2.45) is 5.22 Å². The molecule has 136 valence electrons. The molecule has 0 radical (unpaired) electrons. The lowest BCUT2D eigenvalue weighted by Crippen LogP contribution is -2.28. The zero-order chi connectivity index (χ0) is 19.3. The second-order valence-corrected chi connectivity index (χ2v) is 6.96. The van der Waals surface area contributed by atoms with Gasteiger partial charge in [-0.1, -0.05) is 12.1 Å². The van der Waals surface area contributed by atoms with Crippen LogP contribution in [0.15, 0.2) is 58.6 Å². The van der Waals surface area contributed by atoms with Gasteiger partial charge < -0.3 is 5.21 Å². The fraction of sp³-hybridized carbons (Fsp3) is 0.125. The van der Waals surface area contributed by atoms with Gasteiger partial charge in [0.2, 0.25) is 5.91 Å². The zero-order valence-corrected chi connectivity index (χ0v) is 14.8. The van der Waals surface area contributed by atoms with E-state index in [1.165, 1.54) is 43.3 Å². The number of carbonyl (C=O) groups excluding carboxylic acids is 2. The van der Waals surface area contributed by atoms with Gasteiger partial charge in [-0.25, -0.2) is 13.1 Å². The maximum Gasteiger partial charge on any atom is 0.264 e. The molecule has 9 nitrogen and oxygen atoms in total. The molecule has 26 heavy (non-hydrogen) atoms. The van der Waals surface area contributed by atoms with E-state index < -0.39 is 15.9 Å². The molecule has 0 atom stereocenters. The molecule has 0 aliphatic heterocycles. The molecular weight excluding hydrogens is 360 g/mol. The Bertz CT molecular complexity index is 968. The molecule has 2 rings (SSSR count). The van der Waals surface area contributed by atoms with Crippen molar-refractivity contribution in [2.45, 2.75) is 18.7 Å². The quantitative estimate of drug-likeness (QED) is 0.344. The molecule has 0 heterocycles. The lowest BCUT2D eigenvalue weighted by molar-refractivity contribution is -0.439. The summed E-state index contributed by atoms with van der Waals surface area (Å²) < 4.78 is 25.5. The Morgan fingerprint density at radius 2 is 1.73 bits per heavy atom. The maximum absolute atomic E-state index is 12.0. The molecule has 1 amide bonds. The monoisotopic (exact) mass is 376 g/mol. The number of hydrogen-bond acceptors (Lipinski definition) is 6. The first kappa shape index (κ1) is 19.1. The third-order valence-corrected chi connectivity index (χ3v) is 4.64. The molecule has 0 unspecified atom stereocenters. The molecule has 0 aromatic heterocycles. The zero-order valence-electron chi connectivity index (χ0n) is 14.0. The van der Waals surface area contributed by atoms with E-state index in [1.807, 2.05) is 4.72 Å². The van der Waals surface area contributed by atoms with Gasteiger partial charge >= 0.3 is 0 Å². The molecule has 0 saturated heterocycles. The first-order chi connectivity index (χ1) is 12.2. The fourth-order valence-corrected chi connectivity index (χ4v) is 2.95. The Balaban J connectivity index is 2.14. The largest absolute Gasteiger partial charge is 0.691 e. The number of anilines is 1. The van der Waals surface area contributed by atoms with Crippen LogP contribution in [0.2, 0.25) is 0 Å². The minimum atomic E-state index is -3.93. The molecule has 0 aliphatic carbocycles. The minimum absolute atomic E-state index is 0.105. The Hall–Kier alpha value is -3.27. The fourth-order valence-electron chi connectivity index (χ4n) is 1.96. The van der Waals surface area contributed by atoms with Crippen molar-refractivity contribution in [1.29, 1.82) is 0 Å². The predicted molar refractivity (Wildman–Crippen MR) is 93.2 cm³/mol. The number of sulfonamides is 1. The van der Waals surface area contributed by atoms with E-state index in [1.54, 1.807) is 12.1 Å². The molecule has 10 heteroatoms. The smallest absolute Gasteiger partial charge is 0.264 e. The molecule has 0 aliphatic rings. The van der Waals surface area contributed by atoms with E-state index in [-0.39, 0.29) is 16.4 Å². The number of nitrogens with zero attached hydrogens (tertiary/aromatic N) is 2. The van der Waals surface area contributed by atoms with Crippen LogP contribution >= 0.6 is 0 Å². The van der Waals surface area contributed by atoms with Crippen LogP contribution in [-0.4, -0.2) is 25.0 Å². The number of rotatable bonds is 6. The summed E-state index contributed by atoms with van der Waals surface area (Å²) in [7, 11) is -3.93. The van der Waals surface area contributed by atoms with Gasteiger partial charge in [0.25, 0.3) is 10.0 Å². The van der Waals surface area contributed by atoms with Gasteiger partial charge in [-0.15, -0.1) is 10.3 Å². The van der Waals surface area contributed by atoms with Crippen LogP contribution in [-0.2, 0) is 14.8 Å². The van der Waals surface area contributed by atoms with Gasteiger partial charge in [0.1, 0.15) is 5.69 Å². The molecule has 0 spiro atoms. The van der Waals surface area contributed by atoms with Crippen molar-refractivity contribution < 1.29 is 22.9 Å². The lowest BCUT2D eigenvalue weighted by Gasteiger charge is -2.07. The average molecular weight is 376 g/mol. The molecule has 2 aromatic rings. The van der Waals surface area contributed by atoms with Crippen LogP contribution in [0.3, 0.4) is 0 Å². The number of hydrogen-bond donors (Lipinski definition) is 2. The Labute approximate surface area is 150 Å². The number of ketones is 1. The highest BCUT2D eigenvalue weighted by molar-refractivity contribution is 7.90. The van der Waals surface area contributed by atoms with E-state index in [0.29, 0.717) is 16.1 Å². The molecule has 0 fully saturated rings. The van der Waals surface area contributed by atoms with Crippen molar-refractivity contribution in [3.63, 3.8) is 0 Å². The van der Waals surface area contributed by atoms with Crippen LogP contribution in [0.4, 0.5) is 11.4 Å². The predicted octanol–water partition coefficient (Wildman–Crippen LogP) is 2.34. The van der Waals surface area contributed by atoms with E-state index >= 15 is 0 Å². The first-order valence-corrected chi connectivity index (χ1v) is 8.86. The number of nitrogens with one attached hydrogen (secondary N) is 2. The van der Waals surface area contributed by atoms with E-state index in [9.17, 15) is 23.2 Å². The van der Waals surface area contributed by atoms with Gasteiger partial charge in [-0.2, -0.15) is 0 Å². The molecule has 0 bridgehead atoms. The van der Waals surface area contributed by atoms with Gasteiger partial charge in [0.05, 0.1) is 10.1 Å². The summed E-state index contributed by atoms with van der Waals surface area (Å²) in [6, 6.07) is 11.3. The number of benzene rings is 2. The van der Waals surface area contributed by atoms with Crippen LogP contribution in [0.5, 0.6) is 0 Å². The van der Waals surface area contributed by atoms with Crippen molar-refractivity contribution in [3.8, 4) is 0 Å². The Morgan fingerprint density at radius 1 is 1.08 bits per heavy atom. The van der Waals surface area contributed by atoms with Crippen molar-refractivity contribution in [1.82, 2.24) is 4.72 Å². The second-order valence-electron chi connectivity index (χ2n) is 5.28. The summed E-state index contributed by atoms with van der Waals surface area (Å²) in [6.45, 7) is 2.48. The topological polar surface area (TPSA) is 131 Å². The van der Waals surface area contributed by atoms with Gasteiger partial charge in [0, 0.05) is 12.5 Å². The summed E-state index contributed by atoms with van der Waals surface area (Å²) in [4.78, 5) is 22.4. The molecule has 2 aromatic carbocycles. The summed E-state index contributed by atoms with van der Waals surface area (Å²) in [5.74, 6) is -0.874. The summed E-state index contributed by atoms with van der Waals surface area (Å²) in [5, 5.41) is 15.6. The van der Waals surface area contributed by atoms with Crippen molar-refractivity contribution >= 4 is 33.1 Å². The van der Waals surface area contributed by atoms with Gasteiger partial charge in [0.15, 0.2) is 11.5 Å². The lowest BCUT2D eigenvalue weighted by atomic mass is 10.1. The normalized spacial score (nSPS) is 11.7. The number of Topliss-reactive ketones (excluding diaryl/α,β-unsaturated/α-hetero) is 1. The summed E-state index contributed by atoms with van der Waals surface area (Å²) in [5.41, 5.74) is 3.38. The SMILES string of the molecule is CC(=O)NS(=O)(=O)c1ccc(N/N=[N+](\[O-])c2cccc(C(C)=O)c2)cc1.